The molecule has 0 aliphatic heterocycles. The first-order valence-electron chi connectivity index (χ1n) is 6.33. The van der Waals surface area contributed by atoms with Gasteiger partial charge in [0.25, 0.3) is 0 Å². The molecule has 1 atom stereocenters. The van der Waals surface area contributed by atoms with E-state index >= 15 is 0 Å². The van der Waals surface area contributed by atoms with Gasteiger partial charge in [0.05, 0.1) is 13.2 Å². The molecule has 0 aromatic heterocycles. The minimum absolute atomic E-state index is 0.221. The molecular formula is C15H16BrFN2OS. The molecule has 0 heterocycles. The Labute approximate surface area is 136 Å². The van der Waals surface area contributed by atoms with Crippen LogP contribution >= 0.6 is 27.7 Å². The zero-order valence-electron chi connectivity index (χ0n) is 11.5. The predicted octanol–water partition coefficient (Wildman–Crippen LogP) is 3.89. The summed E-state index contributed by atoms with van der Waals surface area (Å²) >= 11 is 5.10. The number of ether oxygens (including phenoxy) is 1. The second-order valence-corrected chi connectivity index (χ2v) is 6.24. The minimum atomic E-state index is -0.379. The molecule has 3 nitrogen and oxygen atoms in total. The van der Waals surface area contributed by atoms with Gasteiger partial charge >= 0.3 is 0 Å². The zero-order chi connectivity index (χ0) is 15.2. The summed E-state index contributed by atoms with van der Waals surface area (Å²) in [5.74, 6) is 6.03. The lowest BCUT2D eigenvalue weighted by Gasteiger charge is -2.18. The van der Waals surface area contributed by atoms with Crippen molar-refractivity contribution in [1.29, 1.82) is 0 Å². The number of hydrogen-bond donors (Lipinski definition) is 2. The normalized spacial score (nSPS) is 12.2. The number of methoxy groups -OCH3 is 1. The number of nitrogens with two attached hydrogens (primary N) is 1. The van der Waals surface area contributed by atoms with E-state index in [1.807, 2.05) is 24.3 Å². The molecule has 112 valence electrons. The lowest BCUT2D eigenvalue weighted by atomic mass is 10.1. The number of halogens is 2. The maximum Gasteiger partial charge on any atom is 0.169 e. The molecule has 0 fully saturated rings. The Bertz CT molecular complexity index is 612. The lowest BCUT2D eigenvalue weighted by molar-refractivity contribution is 0.381. The smallest absolute Gasteiger partial charge is 0.169 e. The molecule has 0 aliphatic carbocycles. The second-order valence-electron chi connectivity index (χ2n) is 4.32. The SMILES string of the molecule is COc1cccc(C(CSc2ccccc2Br)NN)c1F. The Morgan fingerprint density at radius 3 is 2.71 bits per heavy atom. The Kier molecular flexibility index (Phi) is 6.05. The summed E-state index contributed by atoms with van der Waals surface area (Å²) in [7, 11) is 1.45. The lowest BCUT2D eigenvalue weighted by Crippen LogP contribution is -2.30. The number of nitrogens with one attached hydrogen (secondary N) is 1. The highest BCUT2D eigenvalue weighted by molar-refractivity contribution is 9.10. The molecule has 0 aliphatic rings. The first-order chi connectivity index (χ1) is 10.2. The Morgan fingerprint density at radius 1 is 1.29 bits per heavy atom. The number of hydrazine groups is 1. The van der Waals surface area contributed by atoms with Crippen LogP contribution in [0.5, 0.6) is 5.75 Å². The van der Waals surface area contributed by atoms with Gasteiger partial charge in [-0.2, -0.15) is 0 Å². The van der Waals surface area contributed by atoms with E-state index in [0.717, 1.165) is 9.37 Å². The van der Waals surface area contributed by atoms with Gasteiger partial charge in [0, 0.05) is 20.7 Å². The van der Waals surface area contributed by atoms with Crippen LogP contribution in [0.1, 0.15) is 11.6 Å². The van der Waals surface area contributed by atoms with Crippen LogP contribution in [0.15, 0.2) is 51.8 Å². The van der Waals surface area contributed by atoms with Crippen molar-refractivity contribution < 1.29 is 9.13 Å². The van der Waals surface area contributed by atoms with Crippen molar-refractivity contribution in [2.24, 2.45) is 5.84 Å². The molecule has 0 saturated carbocycles. The first kappa shape index (κ1) is 16.3. The van der Waals surface area contributed by atoms with Gasteiger partial charge in [0.2, 0.25) is 0 Å². The zero-order valence-corrected chi connectivity index (χ0v) is 13.9. The summed E-state index contributed by atoms with van der Waals surface area (Å²) in [6, 6.07) is 12.6. The first-order valence-corrected chi connectivity index (χ1v) is 8.11. The van der Waals surface area contributed by atoms with Crippen LogP contribution in [0.2, 0.25) is 0 Å². The van der Waals surface area contributed by atoms with E-state index in [4.69, 9.17) is 10.6 Å². The third kappa shape index (κ3) is 3.97. The van der Waals surface area contributed by atoms with E-state index in [2.05, 4.69) is 21.4 Å². The molecule has 0 radical (unpaired) electrons. The molecule has 0 saturated heterocycles. The molecule has 21 heavy (non-hydrogen) atoms. The van der Waals surface area contributed by atoms with Crippen LogP contribution in [0.25, 0.3) is 0 Å². The van der Waals surface area contributed by atoms with Crippen LogP contribution in [0.4, 0.5) is 4.39 Å². The van der Waals surface area contributed by atoms with Gasteiger partial charge in [0.1, 0.15) is 0 Å². The van der Waals surface area contributed by atoms with E-state index in [9.17, 15) is 4.39 Å². The molecule has 3 N–H and O–H groups in total. The van der Waals surface area contributed by atoms with Crippen molar-refractivity contribution in [3.8, 4) is 5.75 Å². The minimum Gasteiger partial charge on any atom is -0.494 e. The molecule has 0 spiro atoms. The predicted molar refractivity (Wildman–Crippen MR) is 87.9 cm³/mol. The van der Waals surface area contributed by atoms with Crippen molar-refractivity contribution in [3.63, 3.8) is 0 Å². The molecule has 1 unspecified atom stereocenters. The van der Waals surface area contributed by atoms with E-state index in [-0.39, 0.29) is 17.6 Å². The van der Waals surface area contributed by atoms with Crippen molar-refractivity contribution in [3.05, 3.63) is 58.3 Å². The summed E-state index contributed by atoms with van der Waals surface area (Å²) in [4.78, 5) is 1.08. The van der Waals surface area contributed by atoms with E-state index in [1.54, 1.807) is 30.0 Å². The highest BCUT2D eigenvalue weighted by Crippen LogP contribution is 2.32. The quantitative estimate of drug-likeness (QED) is 0.460. The Balaban J connectivity index is 2.16. The fourth-order valence-corrected chi connectivity index (χ4v) is 3.55. The van der Waals surface area contributed by atoms with Crippen LogP contribution in [0.3, 0.4) is 0 Å². The molecule has 2 aromatic carbocycles. The average Bonchev–Trinajstić information content (AvgIpc) is 2.51. The maximum atomic E-state index is 14.3. The molecule has 6 heteroatoms. The number of thioether (sulfide) groups is 1. The largest absolute Gasteiger partial charge is 0.494 e. The van der Waals surface area contributed by atoms with Gasteiger partial charge in [-0.1, -0.05) is 24.3 Å². The van der Waals surface area contributed by atoms with Gasteiger partial charge in [-0.05, 0) is 34.1 Å². The number of benzene rings is 2. The third-order valence-corrected chi connectivity index (χ3v) is 5.15. The molecular weight excluding hydrogens is 355 g/mol. The van der Waals surface area contributed by atoms with Gasteiger partial charge in [-0.25, -0.2) is 4.39 Å². The van der Waals surface area contributed by atoms with Crippen molar-refractivity contribution in [2.75, 3.05) is 12.9 Å². The fourth-order valence-electron chi connectivity index (χ4n) is 1.92. The standard InChI is InChI=1S/C15H16BrFN2OS/c1-20-13-7-4-5-10(15(13)17)12(19-18)9-21-14-8-3-2-6-11(14)16/h2-8,12,19H,9,18H2,1H3. The number of hydrogen-bond acceptors (Lipinski definition) is 4. The van der Waals surface area contributed by atoms with Crippen molar-refractivity contribution >= 4 is 27.7 Å². The van der Waals surface area contributed by atoms with Gasteiger partial charge in [-0.15, -0.1) is 11.8 Å². The summed E-state index contributed by atoms with van der Waals surface area (Å²) < 4.78 is 20.3. The maximum absolute atomic E-state index is 14.3. The average molecular weight is 371 g/mol. The highest BCUT2D eigenvalue weighted by Gasteiger charge is 2.18. The molecule has 0 bridgehead atoms. The summed E-state index contributed by atoms with van der Waals surface area (Å²) in [6.07, 6.45) is 0. The second kappa shape index (κ2) is 7.79. The van der Waals surface area contributed by atoms with Gasteiger partial charge in [0.15, 0.2) is 11.6 Å². The number of rotatable bonds is 6. The Hall–Kier alpha value is -1.08. The summed E-state index contributed by atoms with van der Waals surface area (Å²) in [5, 5.41) is 0. The topological polar surface area (TPSA) is 47.3 Å². The highest BCUT2D eigenvalue weighted by atomic mass is 79.9. The molecule has 0 amide bonds. The van der Waals surface area contributed by atoms with Crippen LogP contribution in [0, 0.1) is 5.82 Å². The van der Waals surface area contributed by atoms with Crippen LogP contribution < -0.4 is 16.0 Å². The van der Waals surface area contributed by atoms with E-state index in [0.29, 0.717) is 11.3 Å². The molecule has 2 rings (SSSR count). The monoisotopic (exact) mass is 370 g/mol. The fraction of sp³-hybridized carbons (Fsp3) is 0.200. The summed E-state index contributed by atoms with van der Waals surface area (Å²) in [5.41, 5.74) is 3.17. The molecule has 2 aromatic rings. The van der Waals surface area contributed by atoms with Gasteiger partial charge < -0.3 is 4.74 Å². The van der Waals surface area contributed by atoms with Crippen molar-refractivity contribution in [1.82, 2.24) is 5.43 Å². The van der Waals surface area contributed by atoms with Gasteiger partial charge in [-0.3, -0.25) is 11.3 Å². The van der Waals surface area contributed by atoms with E-state index < -0.39 is 0 Å². The summed E-state index contributed by atoms with van der Waals surface area (Å²) in [6.45, 7) is 0. The third-order valence-electron chi connectivity index (χ3n) is 3.03. The van der Waals surface area contributed by atoms with Crippen molar-refractivity contribution in [2.45, 2.75) is 10.9 Å². The van der Waals surface area contributed by atoms with E-state index in [1.165, 1.54) is 7.11 Å². The van der Waals surface area contributed by atoms with Crippen LogP contribution in [-0.2, 0) is 0 Å². The Morgan fingerprint density at radius 2 is 2.05 bits per heavy atom. The van der Waals surface area contributed by atoms with Crippen LogP contribution in [-0.4, -0.2) is 12.9 Å².